The van der Waals surface area contributed by atoms with Crippen LogP contribution < -0.4 is 4.90 Å². The third-order valence-electron chi connectivity index (χ3n) is 7.36. The van der Waals surface area contributed by atoms with Gasteiger partial charge in [0.25, 0.3) is 0 Å². The smallest absolute Gasteiger partial charge is 0.410 e. The first-order valence-corrected chi connectivity index (χ1v) is 12.9. The number of carbonyl (C=O) groups excluding carboxylic acids is 1. The van der Waals surface area contributed by atoms with Crippen LogP contribution in [-0.4, -0.2) is 57.1 Å². The van der Waals surface area contributed by atoms with Gasteiger partial charge in [0, 0.05) is 32.0 Å². The molecule has 37 heavy (non-hydrogen) atoms. The van der Waals surface area contributed by atoms with Crippen LogP contribution in [0.25, 0.3) is 11.4 Å². The molecule has 1 atom stereocenters. The third kappa shape index (κ3) is 5.32. The molecule has 1 unspecified atom stereocenters. The molecule has 2 aliphatic rings. The number of amides is 1. The summed E-state index contributed by atoms with van der Waals surface area (Å²) in [6.45, 7) is 11.9. The summed E-state index contributed by atoms with van der Waals surface area (Å²) in [6.07, 6.45) is 4.17. The second-order valence-corrected chi connectivity index (χ2v) is 11.0. The first-order valence-electron chi connectivity index (χ1n) is 12.9. The highest BCUT2D eigenvalue weighted by Crippen LogP contribution is 2.35. The molecular weight excluding hydrogens is 468 g/mol. The maximum atomic E-state index is 13.1. The van der Waals surface area contributed by atoms with Crippen molar-refractivity contribution in [1.29, 1.82) is 0 Å². The summed E-state index contributed by atoms with van der Waals surface area (Å²) in [5.41, 5.74) is 5.26. The van der Waals surface area contributed by atoms with Crippen molar-refractivity contribution in [3.63, 3.8) is 0 Å². The summed E-state index contributed by atoms with van der Waals surface area (Å²) >= 11 is 0. The van der Waals surface area contributed by atoms with Crippen molar-refractivity contribution in [2.75, 3.05) is 25.2 Å². The maximum absolute atomic E-state index is 13.1. The van der Waals surface area contributed by atoms with Crippen LogP contribution in [0.4, 0.5) is 10.6 Å². The average Bonchev–Trinajstić information content (AvgIpc) is 3.53. The lowest BCUT2D eigenvalue weighted by Crippen LogP contribution is -2.35. The van der Waals surface area contributed by atoms with E-state index in [9.17, 15) is 4.79 Å². The summed E-state index contributed by atoms with van der Waals surface area (Å²) in [5, 5.41) is 4.45. The van der Waals surface area contributed by atoms with Crippen LogP contribution in [0.3, 0.4) is 0 Å². The fourth-order valence-corrected chi connectivity index (χ4v) is 4.62. The highest BCUT2D eigenvalue weighted by molar-refractivity contribution is 5.71. The first kappa shape index (κ1) is 25.2. The molecule has 0 saturated carbocycles. The quantitative estimate of drug-likeness (QED) is 0.491. The molecule has 196 valence electrons. The predicted octanol–water partition coefficient (Wildman–Crippen LogP) is 4.44. The number of anilines is 1. The van der Waals surface area contributed by atoms with E-state index in [1.165, 1.54) is 11.1 Å². The minimum absolute atomic E-state index is 0.134. The van der Waals surface area contributed by atoms with Gasteiger partial charge in [-0.05, 0) is 29.9 Å². The summed E-state index contributed by atoms with van der Waals surface area (Å²) in [7, 11) is 1.68. The van der Waals surface area contributed by atoms with E-state index in [0.717, 1.165) is 42.1 Å². The van der Waals surface area contributed by atoms with Crippen molar-refractivity contribution in [2.45, 2.75) is 66.4 Å². The van der Waals surface area contributed by atoms with E-state index in [0.29, 0.717) is 32.1 Å². The van der Waals surface area contributed by atoms with E-state index in [4.69, 9.17) is 19.4 Å². The number of hydrogen-bond acceptors (Lipinski definition) is 7. The molecule has 5 rings (SSSR count). The van der Waals surface area contributed by atoms with Gasteiger partial charge in [-0.3, -0.25) is 9.58 Å². The van der Waals surface area contributed by atoms with Crippen LogP contribution >= 0.6 is 0 Å². The Balaban J connectivity index is 1.46. The van der Waals surface area contributed by atoms with Gasteiger partial charge in [0.2, 0.25) is 0 Å². The highest BCUT2D eigenvalue weighted by Gasteiger charge is 2.34. The lowest BCUT2D eigenvalue weighted by Gasteiger charge is -2.31. The molecule has 2 aromatic heterocycles. The van der Waals surface area contributed by atoms with Crippen LogP contribution in [0.1, 0.15) is 50.1 Å². The number of hydrogen-bond donors (Lipinski definition) is 0. The van der Waals surface area contributed by atoms with Crippen LogP contribution in [0.15, 0.2) is 36.7 Å². The molecule has 0 aliphatic carbocycles. The molecule has 0 spiro atoms. The van der Waals surface area contributed by atoms with Gasteiger partial charge in [-0.2, -0.15) is 5.10 Å². The van der Waals surface area contributed by atoms with Gasteiger partial charge in [0.1, 0.15) is 11.9 Å². The van der Waals surface area contributed by atoms with Crippen molar-refractivity contribution < 1.29 is 14.3 Å². The summed E-state index contributed by atoms with van der Waals surface area (Å²) < 4.78 is 12.8. The van der Waals surface area contributed by atoms with Gasteiger partial charge in [0.05, 0.1) is 43.7 Å². The number of benzene rings is 1. The molecule has 1 amide bonds. The Bertz CT molecular complexity index is 1280. The van der Waals surface area contributed by atoms with Crippen molar-refractivity contribution in [1.82, 2.24) is 24.6 Å². The first-order chi connectivity index (χ1) is 17.7. The maximum Gasteiger partial charge on any atom is 0.410 e. The fraction of sp³-hybridized carbons (Fsp3) is 0.500. The van der Waals surface area contributed by atoms with Crippen molar-refractivity contribution in [2.24, 2.45) is 5.41 Å². The highest BCUT2D eigenvalue weighted by atomic mass is 16.6. The van der Waals surface area contributed by atoms with Crippen LogP contribution in [0.5, 0.6) is 0 Å². The Labute approximate surface area is 218 Å². The minimum atomic E-state index is -0.315. The standard InChI is InChI=1S/C28H36N6O3/c1-19(28(2,3)4)37-27(35)33-17-23-24(18-33)30-25(22-14-29-34(16-22)12-13-36-5)31-26(23)32-11-10-20-8-6-7-9-21(20)15-32/h6-9,14,16,19H,10-13,15,17-18H2,1-5H3. The molecule has 1 aromatic carbocycles. The second-order valence-electron chi connectivity index (χ2n) is 11.0. The predicted molar refractivity (Wildman–Crippen MR) is 141 cm³/mol. The second kappa shape index (κ2) is 10.1. The number of nitrogens with zero attached hydrogens (tertiary/aromatic N) is 6. The molecule has 0 saturated heterocycles. The normalized spacial score (nSPS) is 15.9. The van der Waals surface area contributed by atoms with E-state index in [1.807, 2.05) is 17.8 Å². The molecule has 0 bridgehead atoms. The molecule has 4 heterocycles. The van der Waals surface area contributed by atoms with Gasteiger partial charge >= 0.3 is 6.09 Å². The topological polar surface area (TPSA) is 85.6 Å². The molecule has 2 aliphatic heterocycles. The van der Waals surface area contributed by atoms with Gasteiger partial charge < -0.3 is 14.4 Å². The number of aromatic nitrogens is 4. The number of methoxy groups -OCH3 is 1. The molecular formula is C28H36N6O3. The van der Waals surface area contributed by atoms with E-state index in [2.05, 4.69) is 55.0 Å². The Morgan fingerprint density at radius 2 is 1.89 bits per heavy atom. The van der Waals surface area contributed by atoms with Crippen LogP contribution in [0, 0.1) is 5.41 Å². The van der Waals surface area contributed by atoms with Crippen LogP contribution in [-0.2, 0) is 42.1 Å². The van der Waals surface area contributed by atoms with Gasteiger partial charge in [-0.25, -0.2) is 14.8 Å². The zero-order valence-corrected chi connectivity index (χ0v) is 22.4. The number of fused-ring (bicyclic) bond motifs is 2. The Kier molecular flexibility index (Phi) is 6.90. The summed E-state index contributed by atoms with van der Waals surface area (Å²) in [4.78, 5) is 27.1. The van der Waals surface area contributed by atoms with Gasteiger partial charge in [-0.1, -0.05) is 45.0 Å². The molecule has 9 nitrogen and oxygen atoms in total. The van der Waals surface area contributed by atoms with E-state index in [1.54, 1.807) is 18.2 Å². The van der Waals surface area contributed by atoms with Gasteiger partial charge in [-0.15, -0.1) is 0 Å². The number of ether oxygens (including phenoxy) is 2. The van der Waals surface area contributed by atoms with Crippen LogP contribution in [0.2, 0.25) is 0 Å². The van der Waals surface area contributed by atoms with Crippen molar-refractivity contribution in [3.8, 4) is 11.4 Å². The van der Waals surface area contributed by atoms with Gasteiger partial charge in [0.15, 0.2) is 5.82 Å². The minimum Gasteiger partial charge on any atom is -0.446 e. The Morgan fingerprint density at radius 1 is 1.11 bits per heavy atom. The average molecular weight is 505 g/mol. The molecule has 3 aromatic rings. The Morgan fingerprint density at radius 3 is 2.65 bits per heavy atom. The zero-order chi connectivity index (χ0) is 26.2. The van der Waals surface area contributed by atoms with E-state index >= 15 is 0 Å². The monoisotopic (exact) mass is 504 g/mol. The van der Waals surface area contributed by atoms with E-state index in [-0.39, 0.29) is 17.6 Å². The zero-order valence-electron chi connectivity index (χ0n) is 22.4. The van der Waals surface area contributed by atoms with Crippen molar-refractivity contribution in [3.05, 3.63) is 59.0 Å². The largest absolute Gasteiger partial charge is 0.446 e. The number of carbonyl (C=O) groups is 1. The number of rotatable bonds is 6. The third-order valence-corrected chi connectivity index (χ3v) is 7.36. The molecule has 9 heteroatoms. The van der Waals surface area contributed by atoms with E-state index < -0.39 is 0 Å². The Hall–Kier alpha value is -3.46. The summed E-state index contributed by atoms with van der Waals surface area (Å²) in [5.74, 6) is 1.51. The lowest BCUT2D eigenvalue weighted by molar-refractivity contribution is 0.0195. The lowest BCUT2D eigenvalue weighted by atomic mass is 9.90. The molecule has 0 N–H and O–H groups in total. The fourth-order valence-electron chi connectivity index (χ4n) is 4.62. The SMILES string of the molecule is COCCn1cc(-c2nc3c(c(N4CCc5ccccc5C4)n2)CN(C(=O)OC(C)C(C)(C)C)C3)cn1. The van der Waals surface area contributed by atoms with Crippen molar-refractivity contribution >= 4 is 11.9 Å². The molecule has 0 fully saturated rings. The molecule has 0 radical (unpaired) electrons. The summed E-state index contributed by atoms with van der Waals surface area (Å²) in [6, 6.07) is 8.56.